The van der Waals surface area contributed by atoms with Crippen molar-refractivity contribution in [1.29, 1.82) is 0 Å². The third-order valence-electron chi connectivity index (χ3n) is 6.67. The van der Waals surface area contributed by atoms with Gasteiger partial charge in [-0.05, 0) is 43.0 Å². The van der Waals surface area contributed by atoms with Crippen molar-refractivity contribution in [1.82, 2.24) is 9.80 Å². The van der Waals surface area contributed by atoms with Gasteiger partial charge in [0.2, 0.25) is 5.91 Å². The predicted molar refractivity (Wildman–Crippen MR) is 149 cm³/mol. The fourth-order valence-corrected chi connectivity index (χ4v) is 6.96. The lowest BCUT2D eigenvalue weighted by molar-refractivity contribution is -0.137. The number of halogens is 2. The second-order valence-electron chi connectivity index (χ2n) is 9.19. The summed E-state index contributed by atoms with van der Waals surface area (Å²) in [5, 5.41) is 14.3. The summed E-state index contributed by atoms with van der Waals surface area (Å²) >= 11 is 9.44. The summed E-state index contributed by atoms with van der Waals surface area (Å²) in [6, 6.07) is 10.1. The Morgan fingerprint density at radius 2 is 2.03 bits per heavy atom. The number of nitrogens with zero attached hydrogens (tertiary/aromatic N) is 2. The fraction of sp³-hybridized carbons (Fsp3) is 0.296. The Balaban J connectivity index is 1.25. The quantitative estimate of drug-likeness (QED) is 0.336. The summed E-state index contributed by atoms with van der Waals surface area (Å²) in [4.78, 5) is 41.7. The predicted octanol–water partition coefficient (Wildman–Crippen LogP) is 6.15. The number of carbonyl (C=O) groups is 3. The zero-order chi connectivity index (χ0) is 26.8. The topological polar surface area (TPSA) is 89.9 Å². The second-order valence-corrected chi connectivity index (χ2v) is 11.6. The normalized spacial score (nSPS) is 17.2. The summed E-state index contributed by atoms with van der Waals surface area (Å²) in [7, 11) is 0. The molecule has 2 aliphatic rings. The van der Waals surface area contributed by atoms with Crippen LogP contribution < -0.4 is 5.32 Å². The maximum absolute atomic E-state index is 15.1. The first-order valence-corrected chi connectivity index (χ1v) is 14.4. The Bertz CT molecular complexity index is 1440. The standard InChI is InChI=1S/C27H25ClFN3O4S2/c28-20-10-16(21(29)12-22(20)30-27(36)19-14-37-23-5-2-1-4-18(19)23)11-25(33)32-9-3-6-24(32)31-13-17(38-15-31)7-8-26(34)35/h1-2,4-5,10,12-14,24H,3,6-9,11,15H2,(H,30,36)(H,34,35). The molecule has 1 fully saturated rings. The highest BCUT2D eigenvalue weighted by Gasteiger charge is 2.34. The molecule has 7 nitrogen and oxygen atoms in total. The second kappa shape index (κ2) is 11.3. The molecule has 0 radical (unpaired) electrons. The van der Waals surface area contributed by atoms with E-state index < -0.39 is 11.8 Å². The maximum atomic E-state index is 15.1. The van der Waals surface area contributed by atoms with Gasteiger partial charge in [0.1, 0.15) is 12.0 Å². The molecular formula is C27H25ClFN3O4S2. The third kappa shape index (κ3) is 5.67. The summed E-state index contributed by atoms with van der Waals surface area (Å²) in [5.41, 5.74) is 0.799. The van der Waals surface area contributed by atoms with E-state index >= 15 is 4.39 Å². The minimum atomic E-state index is -0.839. The lowest BCUT2D eigenvalue weighted by Gasteiger charge is -2.32. The molecule has 0 spiro atoms. The molecule has 0 bridgehead atoms. The van der Waals surface area contributed by atoms with Gasteiger partial charge < -0.3 is 20.2 Å². The van der Waals surface area contributed by atoms with Crippen LogP contribution in [0.25, 0.3) is 10.1 Å². The number of allylic oxidation sites excluding steroid dienone is 1. The van der Waals surface area contributed by atoms with Crippen molar-refractivity contribution in [2.75, 3.05) is 17.7 Å². The Morgan fingerprint density at radius 1 is 1.21 bits per heavy atom. The largest absolute Gasteiger partial charge is 0.481 e. The van der Waals surface area contributed by atoms with E-state index in [0.717, 1.165) is 33.9 Å². The van der Waals surface area contributed by atoms with E-state index in [1.54, 1.807) is 22.0 Å². The summed E-state index contributed by atoms with van der Waals surface area (Å²) in [6.07, 6.45) is 3.81. The molecule has 3 aromatic rings. The number of anilines is 1. The number of thioether (sulfide) groups is 1. The monoisotopic (exact) mass is 573 g/mol. The molecule has 11 heteroatoms. The average Bonchev–Trinajstić information content (AvgIpc) is 3.64. The first-order chi connectivity index (χ1) is 18.3. The average molecular weight is 574 g/mol. The highest BCUT2D eigenvalue weighted by atomic mass is 35.5. The van der Waals surface area contributed by atoms with Crippen LogP contribution in [0.4, 0.5) is 10.1 Å². The molecule has 198 valence electrons. The smallest absolute Gasteiger partial charge is 0.303 e. The Morgan fingerprint density at radius 3 is 2.84 bits per heavy atom. The molecule has 1 saturated heterocycles. The SMILES string of the molecule is O=C(O)CCC1=CN(C2CCCN2C(=O)Cc2cc(Cl)c(NC(=O)c3csc4ccccc34)cc2F)CS1. The number of aliphatic carboxylic acids is 1. The van der Waals surface area contributed by atoms with Gasteiger partial charge in [-0.25, -0.2) is 4.39 Å². The van der Waals surface area contributed by atoms with Gasteiger partial charge >= 0.3 is 5.97 Å². The number of carboxylic acids is 1. The van der Waals surface area contributed by atoms with Crippen molar-refractivity contribution >= 4 is 68.3 Å². The number of carbonyl (C=O) groups excluding carboxylic acids is 2. The Hall–Kier alpha value is -3.08. The zero-order valence-electron chi connectivity index (χ0n) is 20.3. The van der Waals surface area contributed by atoms with Crippen molar-refractivity contribution in [3.8, 4) is 0 Å². The van der Waals surface area contributed by atoms with Gasteiger partial charge in [0.25, 0.3) is 5.91 Å². The molecular weight excluding hydrogens is 549 g/mol. The van der Waals surface area contributed by atoms with E-state index in [1.165, 1.54) is 17.4 Å². The summed E-state index contributed by atoms with van der Waals surface area (Å²) < 4.78 is 16.0. The van der Waals surface area contributed by atoms with Crippen LogP contribution in [0.5, 0.6) is 0 Å². The number of likely N-dealkylation sites (tertiary alicyclic amines) is 1. The molecule has 38 heavy (non-hydrogen) atoms. The highest BCUT2D eigenvalue weighted by Crippen LogP contribution is 2.35. The number of hydrogen-bond donors (Lipinski definition) is 2. The minimum absolute atomic E-state index is 0.0698. The molecule has 5 rings (SSSR count). The molecule has 1 unspecified atom stereocenters. The van der Waals surface area contributed by atoms with Crippen LogP contribution in [0.15, 0.2) is 52.9 Å². The number of carboxylic acid groups (broad SMARTS) is 1. The van der Waals surface area contributed by atoms with Gasteiger partial charge in [0.15, 0.2) is 0 Å². The van der Waals surface area contributed by atoms with E-state index in [-0.39, 0.29) is 47.1 Å². The van der Waals surface area contributed by atoms with Crippen molar-refractivity contribution in [3.63, 3.8) is 0 Å². The van der Waals surface area contributed by atoms with Crippen LogP contribution >= 0.6 is 34.7 Å². The van der Waals surface area contributed by atoms with Gasteiger partial charge in [-0.3, -0.25) is 14.4 Å². The first kappa shape index (κ1) is 26.5. The number of benzene rings is 2. The summed E-state index contributed by atoms with van der Waals surface area (Å²) in [6.45, 7) is 0.570. The lowest BCUT2D eigenvalue weighted by Crippen LogP contribution is -2.44. The third-order valence-corrected chi connectivity index (χ3v) is 9.05. The molecule has 2 aliphatic heterocycles. The van der Waals surface area contributed by atoms with Crippen molar-refractivity contribution in [2.24, 2.45) is 0 Å². The number of thiophene rings is 1. The fourth-order valence-electron chi connectivity index (χ4n) is 4.77. The van der Waals surface area contributed by atoms with E-state index in [9.17, 15) is 14.4 Å². The number of fused-ring (bicyclic) bond motifs is 1. The molecule has 3 heterocycles. The van der Waals surface area contributed by atoms with E-state index in [0.29, 0.717) is 24.4 Å². The molecule has 2 amide bonds. The minimum Gasteiger partial charge on any atom is -0.481 e. The highest BCUT2D eigenvalue weighted by molar-refractivity contribution is 8.03. The molecule has 0 saturated carbocycles. The number of nitrogens with one attached hydrogen (secondary N) is 1. The lowest BCUT2D eigenvalue weighted by atomic mass is 10.1. The van der Waals surface area contributed by atoms with Crippen molar-refractivity contribution in [3.05, 3.63) is 74.9 Å². The number of rotatable bonds is 8. The molecule has 2 N–H and O–H groups in total. The molecule has 2 aromatic carbocycles. The van der Waals surface area contributed by atoms with Gasteiger partial charge in [-0.1, -0.05) is 29.8 Å². The molecule has 1 atom stereocenters. The summed E-state index contributed by atoms with van der Waals surface area (Å²) in [5.74, 6) is -1.39. The Labute approximate surface area is 232 Å². The van der Waals surface area contributed by atoms with Gasteiger partial charge in [-0.2, -0.15) is 0 Å². The maximum Gasteiger partial charge on any atom is 0.303 e. The van der Waals surface area contributed by atoms with Crippen LogP contribution in [0.3, 0.4) is 0 Å². The number of hydrogen-bond acceptors (Lipinski definition) is 6. The van der Waals surface area contributed by atoms with E-state index in [2.05, 4.69) is 10.2 Å². The van der Waals surface area contributed by atoms with Crippen LogP contribution in [0, 0.1) is 5.82 Å². The van der Waals surface area contributed by atoms with Crippen LogP contribution in [-0.2, 0) is 16.0 Å². The van der Waals surface area contributed by atoms with Crippen LogP contribution in [-0.4, -0.2) is 51.3 Å². The van der Waals surface area contributed by atoms with E-state index in [4.69, 9.17) is 16.7 Å². The number of amides is 2. The van der Waals surface area contributed by atoms with Gasteiger partial charge in [-0.15, -0.1) is 23.1 Å². The van der Waals surface area contributed by atoms with Crippen LogP contribution in [0.1, 0.15) is 41.6 Å². The van der Waals surface area contributed by atoms with Gasteiger partial charge in [0.05, 0.1) is 28.6 Å². The van der Waals surface area contributed by atoms with E-state index in [1.807, 2.05) is 30.5 Å². The molecule has 1 aromatic heterocycles. The zero-order valence-corrected chi connectivity index (χ0v) is 22.7. The Kier molecular flexibility index (Phi) is 7.92. The first-order valence-electron chi connectivity index (χ1n) is 12.2. The van der Waals surface area contributed by atoms with Crippen molar-refractivity contribution < 1.29 is 23.9 Å². The van der Waals surface area contributed by atoms with Crippen LogP contribution in [0.2, 0.25) is 5.02 Å². The molecule has 0 aliphatic carbocycles. The van der Waals surface area contributed by atoms with Crippen molar-refractivity contribution in [2.45, 2.75) is 38.3 Å². The van der Waals surface area contributed by atoms with Gasteiger partial charge in [0, 0.05) is 39.5 Å².